The Morgan fingerprint density at radius 3 is 2.85 bits per heavy atom. The molecule has 27 heavy (non-hydrogen) atoms. The second-order valence-corrected chi connectivity index (χ2v) is 7.03. The average molecular weight is 373 g/mol. The number of piperidine rings is 1. The SMILES string of the molecule is COc1ccc(-c2noc([C@H]3CCCN(C(=O)CCCCC[NH3+])C3)n2)cc1. The number of quaternary nitrogens is 1. The Morgan fingerprint density at radius 1 is 1.30 bits per heavy atom. The normalized spacial score (nSPS) is 17.1. The van der Waals surface area contributed by atoms with Crippen LogP contribution in [-0.2, 0) is 4.79 Å². The van der Waals surface area contributed by atoms with Gasteiger partial charge in [0, 0.05) is 25.1 Å². The number of benzene rings is 1. The van der Waals surface area contributed by atoms with E-state index in [1.54, 1.807) is 7.11 Å². The van der Waals surface area contributed by atoms with Crippen LogP contribution in [0.4, 0.5) is 0 Å². The summed E-state index contributed by atoms with van der Waals surface area (Å²) in [7, 11) is 1.64. The summed E-state index contributed by atoms with van der Waals surface area (Å²) in [5.74, 6) is 2.33. The van der Waals surface area contributed by atoms with Crippen molar-refractivity contribution in [2.24, 2.45) is 0 Å². The van der Waals surface area contributed by atoms with Gasteiger partial charge in [-0.25, -0.2) is 0 Å². The fourth-order valence-electron chi connectivity index (χ4n) is 3.45. The highest BCUT2D eigenvalue weighted by Gasteiger charge is 2.28. The molecule has 0 bridgehead atoms. The third-order valence-electron chi connectivity index (χ3n) is 5.05. The number of hydrogen-bond acceptors (Lipinski definition) is 5. The Bertz CT molecular complexity index is 729. The van der Waals surface area contributed by atoms with Crippen LogP contribution in [0.2, 0.25) is 0 Å². The Labute approximate surface area is 159 Å². The van der Waals surface area contributed by atoms with Crippen LogP contribution in [0, 0.1) is 0 Å². The zero-order chi connectivity index (χ0) is 19.1. The first kappa shape index (κ1) is 19.4. The summed E-state index contributed by atoms with van der Waals surface area (Å²) in [4.78, 5) is 19.0. The maximum atomic E-state index is 12.5. The zero-order valence-electron chi connectivity index (χ0n) is 16.0. The number of carbonyl (C=O) groups excluding carboxylic acids is 1. The van der Waals surface area contributed by atoms with Crippen LogP contribution in [0.5, 0.6) is 5.75 Å². The second-order valence-electron chi connectivity index (χ2n) is 7.03. The number of hydrogen-bond donors (Lipinski definition) is 1. The summed E-state index contributed by atoms with van der Waals surface area (Å²) in [5, 5.41) is 4.12. The van der Waals surface area contributed by atoms with Gasteiger partial charge in [-0.3, -0.25) is 4.79 Å². The van der Waals surface area contributed by atoms with Crippen molar-refractivity contribution in [1.29, 1.82) is 0 Å². The number of unbranched alkanes of at least 4 members (excludes halogenated alkanes) is 2. The van der Waals surface area contributed by atoms with Gasteiger partial charge in [-0.15, -0.1) is 0 Å². The smallest absolute Gasteiger partial charge is 0.231 e. The number of nitrogens with zero attached hydrogens (tertiary/aromatic N) is 3. The number of rotatable bonds is 8. The molecule has 1 aromatic carbocycles. The van der Waals surface area contributed by atoms with Crippen LogP contribution in [0.15, 0.2) is 28.8 Å². The molecule has 1 fully saturated rings. The lowest BCUT2D eigenvalue weighted by Crippen LogP contribution is -2.50. The fraction of sp³-hybridized carbons (Fsp3) is 0.550. The van der Waals surface area contributed by atoms with E-state index in [1.807, 2.05) is 29.2 Å². The van der Waals surface area contributed by atoms with Gasteiger partial charge in [0.05, 0.1) is 19.6 Å². The molecule has 0 aliphatic carbocycles. The molecule has 0 unspecified atom stereocenters. The minimum absolute atomic E-state index is 0.113. The number of ether oxygens (including phenoxy) is 1. The van der Waals surface area contributed by atoms with E-state index in [0.717, 1.165) is 56.5 Å². The predicted octanol–water partition coefficient (Wildman–Crippen LogP) is 2.25. The Kier molecular flexibility index (Phi) is 6.81. The minimum Gasteiger partial charge on any atom is -0.497 e. The molecule has 2 heterocycles. The molecule has 1 aromatic heterocycles. The highest BCUT2D eigenvalue weighted by molar-refractivity contribution is 5.76. The molecule has 0 radical (unpaired) electrons. The lowest BCUT2D eigenvalue weighted by atomic mass is 9.97. The van der Waals surface area contributed by atoms with E-state index in [1.165, 1.54) is 0 Å². The molecule has 1 saturated heterocycles. The second kappa shape index (κ2) is 9.50. The molecule has 2 aromatic rings. The van der Waals surface area contributed by atoms with Crippen LogP contribution in [-0.4, -0.2) is 47.7 Å². The summed E-state index contributed by atoms with van der Waals surface area (Å²) in [6.07, 6.45) is 5.66. The van der Waals surface area contributed by atoms with Crippen molar-refractivity contribution < 1.29 is 19.8 Å². The van der Waals surface area contributed by atoms with E-state index in [9.17, 15) is 4.79 Å². The van der Waals surface area contributed by atoms with Crippen LogP contribution in [0.1, 0.15) is 50.3 Å². The Balaban J connectivity index is 1.59. The number of methoxy groups -OCH3 is 1. The largest absolute Gasteiger partial charge is 0.497 e. The van der Waals surface area contributed by atoms with Gasteiger partial charge in [-0.05, 0) is 56.4 Å². The van der Waals surface area contributed by atoms with Gasteiger partial charge in [0.25, 0.3) is 0 Å². The number of carbonyl (C=O) groups is 1. The van der Waals surface area contributed by atoms with E-state index in [-0.39, 0.29) is 11.8 Å². The molecular weight excluding hydrogens is 344 g/mol. The van der Waals surface area contributed by atoms with Crippen LogP contribution < -0.4 is 10.5 Å². The quantitative estimate of drug-likeness (QED) is 0.716. The number of likely N-dealkylation sites (tertiary alicyclic amines) is 1. The van der Waals surface area contributed by atoms with E-state index in [0.29, 0.717) is 24.7 Å². The molecule has 3 rings (SSSR count). The van der Waals surface area contributed by atoms with Crippen molar-refractivity contribution in [1.82, 2.24) is 15.0 Å². The molecule has 0 spiro atoms. The standard InChI is InChI=1S/C20H28N4O3/c1-26-17-10-8-15(9-11-17)19-22-20(27-23-19)16-6-5-13-24(14-16)18(25)7-3-2-4-12-21/h8-11,16H,2-7,12-14,21H2,1H3/p+1/t16-/m0/s1. The third-order valence-corrected chi connectivity index (χ3v) is 5.05. The zero-order valence-corrected chi connectivity index (χ0v) is 16.0. The van der Waals surface area contributed by atoms with Gasteiger partial charge in [-0.1, -0.05) is 5.16 Å². The van der Waals surface area contributed by atoms with Crippen LogP contribution in [0.25, 0.3) is 11.4 Å². The minimum atomic E-state index is 0.113. The molecule has 7 heteroatoms. The molecular formula is C20H29N4O3+. The topological polar surface area (TPSA) is 96.1 Å². The summed E-state index contributed by atoms with van der Waals surface area (Å²) in [5.41, 5.74) is 4.73. The van der Waals surface area contributed by atoms with Crippen molar-refractivity contribution in [2.45, 2.75) is 44.4 Å². The highest BCUT2D eigenvalue weighted by atomic mass is 16.5. The number of amides is 1. The first-order valence-corrected chi connectivity index (χ1v) is 9.76. The van der Waals surface area contributed by atoms with E-state index in [4.69, 9.17) is 9.26 Å². The third kappa shape index (κ3) is 5.07. The molecule has 1 aliphatic heterocycles. The highest BCUT2D eigenvalue weighted by Crippen LogP contribution is 2.28. The van der Waals surface area contributed by atoms with Crippen molar-refractivity contribution in [3.63, 3.8) is 0 Å². The molecule has 0 saturated carbocycles. The fourth-order valence-corrected chi connectivity index (χ4v) is 3.45. The summed E-state index contributed by atoms with van der Waals surface area (Å²) < 4.78 is 10.7. The first-order valence-electron chi connectivity index (χ1n) is 9.76. The molecule has 1 aliphatic rings. The van der Waals surface area contributed by atoms with Gasteiger partial charge in [-0.2, -0.15) is 4.98 Å². The number of aromatic nitrogens is 2. The molecule has 7 nitrogen and oxygen atoms in total. The van der Waals surface area contributed by atoms with Gasteiger partial charge >= 0.3 is 0 Å². The Hall–Kier alpha value is -2.41. The average Bonchev–Trinajstić information content (AvgIpc) is 3.21. The molecule has 1 amide bonds. The maximum Gasteiger partial charge on any atom is 0.231 e. The van der Waals surface area contributed by atoms with Crippen LogP contribution >= 0.6 is 0 Å². The lowest BCUT2D eigenvalue weighted by Gasteiger charge is -2.31. The molecule has 3 N–H and O–H groups in total. The summed E-state index contributed by atoms with van der Waals surface area (Å²) in [6.45, 7) is 2.43. The monoisotopic (exact) mass is 373 g/mol. The first-order chi connectivity index (χ1) is 13.2. The van der Waals surface area contributed by atoms with Gasteiger partial charge in [0.2, 0.25) is 17.6 Å². The van der Waals surface area contributed by atoms with Crippen molar-refractivity contribution in [3.05, 3.63) is 30.2 Å². The maximum absolute atomic E-state index is 12.5. The summed E-state index contributed by atoms with van der Waals surface area (Å²) >= 11 is 0. The van der Waals surface area contributed by atoms with E-state index in [2.05, 4.69) is 15.9 Å². The summed E-state index contributed by atoms with van der Waals surface area (Å²) in [6, 6.07) is 7.58. The van der Waals surface area contributed by atoms with Gasteiger partial charge in [0.1, 0.15) is 5.75 Å². The van der Waals surface area contributed by atoms with Crippen molar-refractivity contribution in [2.75, 3.05) is 26.7 Å². The van der Waals surface area contributed by atoms with Crippen LogP contribution in [0.3, 0.4) is 0 Å². The van der Waals surface area contributed by atoms with Gasteiger partial charge in [0.15, 0.2) is 0 Å². The van der Waals surface area contributed by atoms with E-state index < -0.39 is 0 Å². The van der Waals surface area contributed by atoms with Crippen molar-refractivity contribution in [3.8, 4) is 17.1 Å². The van der Waals surface area contributed by atoms with Gasteiger partial charge < -0.3 is 19.9 Å². The Morgan fingerprint density at radius 2 is 2.11 bits per heavy atom. The molecule has 1 atom stereocenters. The lowest BCUT2D eigenvalue weighted by molar-refractivity contribution is -0.368. The molecule has 146 valence electrons. The predicted molar refractivity (Wildman–Crippen MR) is 101 cm³/mol. The van der Waals surface area contributed by atoms with Crippen molar-refractivity contribution >= 4 is 5.91 Å². The van der Waals surface area contributed by atoms with E-state index >= 15 is 0 Å².